The fourth-order valence-corrected chi connectivity index (χ4v) is 2.39. The van der Waals surface area contributed by atoms with Gasteiger partial charge in [-0.3, -0.25) is 0 Å². The zero-order chi connectivity index (χ0) is 9.68. The van der Waals surface area contributed by atoms with Gasteiger partial charge in [0.2, 0.25) is 0 Å². The first-order chi connectivity index (χ1) is 6.22. The molecule has 2 heteroatoms. The van der Waals surface area contributed by atoms with E-state index in [0.717, 1.165) is 18.3 Å². The molecule has 0 spiro atoms. The van der Waals surface area contributed by atoms with Crippen LogP contribution in [0.4, 0.5) is 0 Å². The Hall–Kier alpha value is 0.250. The molecule has 0 bridgehead atoms. The fraction of sp³-hybridized carbons (Fsp3) is 1.00. The van der Waals surface area contributed by atoms with Gasteiger partial charge in [-0.05, 0) is 31.7 Å². The third-order valence-electron chi connectivity index (χ3n) is 2.93. The van der Waals surface area contributed by atoms with E-state index in [4.69, 9.17) is 11.6 Å². The zero-order valence-corrected chi connectivity index (χ0v) is 9.69. The van der Waals surface area contributed by atoms with Crippen molar-refractivity contribution in [2.75, 3.05) is 26.0 Å². The van der Waals surface area contributed by atoms with Crippen LogP contribution in [-0.2, 0) is 0 Å². The normalized spacial score (nSPS) is 21.2. The molecule has 1 fully saturated rings. The van der Waals surface area contributed by atoms with Crippen LogP contribution in [0.2, 0.25) is 0 Å². The van der Waals surface area contributed by atoms with E-state index in [0.29, 0.717) is 5.92 Å². The van der Waals surface area contributed by atoms with Crippen molar-refractivity contribution >= 4 is 11.6 Å². The molecule has 78 valence electrons. The first-order valence-corrected chi connectivity index (χ1v) is 6.00. The molecule has 0 amide bonds. The summed E-state index contributed by atoms with van der Waals surface area (Å²) in [6.45, 7) is 4.65. The quantitative estimate of drug-likeness (QED) is 0.621. The molecule has 0 saturated heterocycles. The maximum Gasteiger partial charge on any atom is 0.0261 e. The Bertz CT molecular complexity index is 132. The number of rotatable bonds is 5. The van der Waals surface area contributed by atoms with Gasteiger partial charge in [-0.2, -0.15) is 0 Å². The van der Waals surface area contributed by atoms with Crippen LogP contribution < -0.4 is 0 Å². The van der Waals surface area contributed by atoms with Crippen molar-refractivity contribution in [3.8, 4) is 0 Å². The fourth-order valence-electron chi connectivity index (χ4n) is 2.29. The maximum absolute atomic E-state index is 5.79. The molecule has 1 saturated carbocycles. The van der Waals surface area contributed by atoms with Gasteiger partial charge in [0.05, 0.1) is 0 Å². The summed E-state index contributed by atoms with van der Waals surface area (Å²) >= 11 is 5.79. The van der Waals surface area contributed by atoms with Gasteiger partial charge in [0.1, 0.15) is 0 Å². The molecule has 1 rings (SSSR count). The van der Waals surface area contributed by atoms with Crippen molar-refractivity contribution in [1.29, 1.82) is 0 Å². The lowest BCUT2D eigenvalue weighted by atomic mass is 10.1. The van der Waals surface area contributed by atoms with Gasteiger partial charge in [0.25, 0.3) is 0 Å². The number of alkyl halides is 1. The summed E-state index contributed by atoms with van der Waals surface area (Å²) in [7, 11) is 2.22. The van der Waals surface area contributed by atoms with Crippen LogP contribution in [0, 0.1) is 11.8 Å². The minimum absolute atomic E-state index is 0.632. The molecule has 0 heterocycles. The van der Waals surface area contributed by atoms with Gasteiger partial charge >= 0.3 is 0 Å². The molecule has 1 atom stereocenters. The molecule has 1 unspecified atom stereocenters. The molecule has 0 N–H and O–H groups in total. The van der Waals surface area contributed by atoms with Crippen LogP contribution in [0.3, 0.4) is 0 Å². The molecule has 0 aromatic heterocycles. The highest BCUT2D eigenvalue weighted by molar-refractivity contribution is 6.18. The van der Waals surface area contributed by atoms with E-state index >= 15 is 0 Å². The van der Waals surface area contributed by atoms with E-state index in [2.05, 4.69) is 18.9 Å². The Morgan fingerprint density at radius 3 is 2.54 bits per heavy atom. The van der Waals surface area contributed by atoms with Gasteiger partial charge in [-0.25, -0.2) is 0 Å². The standard InChI is InChI=1S/C11H22ClN/c1-10(7-12)8-13(2)9-11-5-3-4-6-11/h10-11H,3-9H2,1-2H3. The second-order valence-electron chi connectivity index (χ2n) is 4.63. The topological polar surface area (TPSA) is 3.24 Å². The van der Waals surface area contributed by atoms with Crippen LogP contribution >= 0.6 is 11.6 Å². The summed E-state index contributed by atoms with van der Waals surface area (Å²) < 4.78 is 0. The van der Waals surface area contributed by atoms with E-state index < -0.39 is 0 Å². The number of hydrogen-bond donors (Lipinski definition) is 0. The lowest BCUT2D eigenvalue weighted by Crippen LogP contribution is -2.29. The van der Waals surface area contributed by atoms with Crippen LogP contribution in [0.15, 0.2) is 0 Å². The van der Waals surface area contributed by atoms with Gasteiger partial charge in [-0.1, -0.05) is 19.8 Å². The number of halogens is 1. The number of hydrogen-bond acceptors (Lipinski definition) is 1. The van der Waals surface area contributed by atoms with Crippen LogP contribution in [-0.4, -0.2) is 30.9 Å². The molecule has 0 aromatic carbocycles. The Morgan fingerprint density at radius 2 is 2.00 bits per heavy atom. The van der Waals surface area contributed by atoms with Gasteiger partial charge in [0.15, 0.2) is 0 Å². The third-order valence-corrected chi connectivity index (χ3v) is 3.46. The summed E-state index contributed by atoms with van der Waals surface area (Å²) in [6.07, 6.45) is 5.78. The second-order valence-corrected chi connectivity index (χ2v) is 4.94. The largest absolute Gasteiger partial charge is 0.306 e. The lowest BCUT2D eigenvalue weighted by Gasteiger charge is -2.23. The highest BCUT2D eigenvalue weighted by Gasteiger charge is 2.17. The molecule has 0 aromatic rings. The molecule has 0 aliphatic heterocycles. The number of nitrogens with zero attached hydrogens (tertiary/aromatic N) is 1. The summed E-state index contributed by atoms with van der Waals surface area (Å²) in [5.41, 5.74) is 0. The smallest absolute Gasteiger partial charge is 0.0261 e. The molecule has 1 nitrogen and oxygen atoms in total. The predicted octanol–water partition coefficient (Wildman–Crippen LogP) is 2.98. The predicted molar refractivity (Wildman–Crippen MR) is 59.3 cm³/mol. The summed E-state index contributed by atoms with van der Waals surface area (Å²) in [6, 6.07) is 0. The van der Waals surface area contributed by atoms with E-state index in [-0.39, 0.29) is 0 Å². The SMILES string of the molecule is CC(CCl)CN(C)CC1CCCC1. The Labute approximate surface area is 87.4 Å². The van der Waals surface area contributed by atoms with Crippen LogP contribution in [0.5, 0.6) is 0 Å². The first kappa shape index (κ1) is 11.3. The zero-order valence-electron chi connectivity index (χ0n) is 8.93. The molecule has 1 aliphatic carbocycles. The van der Waals surface area contributed by atoms with Crippen molar-refractivity contribution in [3.05, 3.63) is 0 Å². The van der Waals surface area contributed by atoms with Crippen molar-refractivity contribution < 1.29 is 0 Å². The van der Waals surface area contributed by atoms with Gasteiger partial charge in [0, 0.05) is 19.0 Å². The van der Waals surface area contributed by atoms with Crippen LogP contribution in [0.25, 0.3) is 0 Å². The average molecular weight is 204 g/mol. The third kappa shape index (κ3) is 4.33. The molecule has 1 aliphatic rings. The van der Waals surface area contributed by atoms with Crippen molar-refractivity contribution in [2.24, 2.45) is 11.8 Å². The average Bonchev–Trinajstić information content (AvgIpc) is 2.56. The minimum Gasteiger partial charge on any atom is -0.306 e. The van der Waals surface area contributed by atoms with E-state index in [1.807, 2.05) is 0 Å². The van der Waals surface area contributed by atoms with Crippen LogP contribution in [0.1, 0.15) is 32.6 Å². The highest BCUT2D eigenvalue weighted by Crippen LogP contribution is 2.25. The summed E-state index contributed by atoms with van der Waals surface area (Å²) in [5.74, 6) is 2.38. The first-order valence-electron chi connectivity index (χ1n) is 5.47. The summed E-state index contributed by atoms with van der Waals surface area (Å²) in [4.78, 5) is 2.45. The minimum atomic E-state index is 0.632. The molecule has 13 heavy (non-hydrogen) atoms. The monoisotopic (exact) mass is 203 g/mol. The van der Waals surface area contributed by atoms with Crippen molar-refractivity contribution in [3.63, 3.8) is 0 Å². The molecule has 0 radical (unpaired) electrons. The Balaban J connectivity index is 2.12. The van der Waals surface area contributed by atoms with Crippen molar-refractivity contribution in [2.45, 2.75) is 32.6 Å². The van der Waals surface area contributed by atoms with Gasteiger partial charge in [-0.15, -0.1) is 11.6 Å². The Kier molecular flexibility index (Phi) is 5.12. The van der Waals surface area contributed by atoms with Crippen molar-refractivity contribution in [1.82, 2.24) is 4.90 Å². The highest BCUT2D eigenvalue weighted by atomic mass is 35.5. The van der Waals surface area contributed by atoms with E-state index in [1.54, 1.807) is 0 Å². The summed E-state index contributed by atoms with van der Waals surface area (Å²) in [5, 5.41) is 0. The lowest BCUT2D eigenvalue weighted by molar-refractivity contribution is 0.253. The maximum atomic E-state index is 5.79. The van der Waals surface area contributed by atoms with Gasteiger partial charge < -0.3 is 4.90 Å². The second kappa shape index (κ2) is 5.87. The van der Waals surface area contributed by atoms with E-state index in [1.165, 1.54) is 32.2 Å². The Morgan fingerprint density at radius 1 is 1.38 bits per heavy atom. The molecular formula is C11H22ClN. The molecular weight excluding hydrogens is 182 g/mol. The van der Waals surface area contributed by atoms with E-state index in [9.17, 15) is 0 Å².